The summed E-state index contributed by atoms with van der Waals surface area (Å²) in [5, 5.41) is 3.24. The van der Waals surface area contributed by atoms with Gasteiger partial charge in [-0.15, -0.1) is 0 Å². The Bertz CT molecular complexity index is 412. The first-order valence-corrected chi connectivity index (χ1v) is 5.77. The Morgan fingerprint density at radius 1 is 1.41 bits per heavy atom. The van der Waals surface area contributed by atoms with Crippen LogP contribution in [0.2, 0.25) is 0 Å². The summed E-state index contributed by atoms with van der Waals surface area (Å²) in [4.78, 5) is 3.40. The zero-order valence-corrected chi connectivity index (χ0v) is 9.30. The van der Waals surface area contributed by atoms with Crippen LogP contribution < -0.4 is 5.32 Å². The van der Waals surface area contributed by atoms with E-state index in [1.165, 1.54) is 6.33 Å². The molecule has 0 amide bonds. The van der Waals surface area contributed by atoms with Gasteiger partial charge in [-0.2, -0.15) is 13.2 Å². The molecule has 94 valence electrons. The average Bonchev–Trinajstić information content (AvgIpc) is 2.54. The lowest BCUT2D eigenvalue weighted by atomic mass is 9.58. The quantitative estimate of drug-likeness (QED) is 0.862. The zero-order chi connectivity index (χ0) is 12.1. The Morgan fingerprint density at radius 2 is 2.12 bits per heavy atom. The van der Waals surface area contributed by atoms with E-state index in [1.807, 2.05) is 0 Å². The van der Waals surface area contributed by atoms with Crippen molar-refractivity contribution in [3.05, 3.63) is 18.2 Å². The summed E-state index contributed by atoms with van der Waals surface area (Å²) in [6.07, 6.45) is 0.305. The highest BCUT2D eigenvalue weighted by Crippen LogP contribution is 2.48. The van der Waals surface area contributed by atoms with Crippen LogP contribution in [0.1, 0.15) is 18.5 Å². The van der Waals surface area contributed by atoms with Crippen molar-refractivity contribution in [2.24, 2.45) is 11.3 Å². The molecule has 0 atom stereocenters. The standard InChI is InChI=1S/C11H14F3N3/c12-11(13,14)9-4-17(7-16-9)3-8-1-10(2-8)5-15-6-10/h4,7-8,15H,1-3,5-6H2. The third kappa shape index (κ3) is 1.94. The lowest BCUT2D eigenvalue weighted by Gasteiger charge is -2.54. The molecule has 1 aromatic rings. The second kappa shape index (κ2) is 3.48. The second-order valence-electron chi connectivity index (χ2n) is 5.33. The predicted molar refractivity (Wildman–Crippen MR) is 55.3 cm³/mol. The van der Waals surface area contributed by atoms with Crippen LogP contribution in [0, 0.1) is 11.3 Å². The molecule has 3 nitrogen and oxygen atoms in total. The minimum Gasteiger partial charge on any atom is -0.337 e. The van der Waals surface area contributed by atoms with Crippen LogP contribution in [0.4, 0.5) is 13.2 Å². The van der Waals surface area contributed by atoms with Crippen LogP contribution in [0.15, 0.2) is 12.5 Å². The molecule has 6 heteroatoms. The van der Waals surface area contributed by atoms with Gasteiger partial charge in [0.1, 0.15) is 0 Å². The van der Waals surface area contributed by atoms with E-state index in [0.717, 1.165) is 32.1 Å². The summed E-state index contributed by atoms with van der Waals surface area (Å²) in [6.45, 7) is 2.80. The first kappa shape index (κ1) is 11.1. The lowest BCUT2D eigenvalue weighted by Crippen LogP contribution is -2.60. The predicted octanol–water partition coefficient (Wildman–Crippen LogP) is 1.90. The number of imidazole rings is 1. The molecule has 1 aliphatic heterocycles. The SMILES string of the molecule is FC(F)(F)c1cn(CC2CC3(CNC3)C2)cn1. The molecule has 0 bridgehead atoms. The van der Waals surface area contributed by atoms with E-state index >= 15 is 0 Å². The second-order valence-corrected chi connectivity index (χ2v) is 5.33. The summed E-state index contributed by atoms with van der Waals surface area (Å²) in [5.74, 6) is 0.507. The fourth-order valence-electron chi connectivity index (χ4n) is 2.97. The fourth-order valence-corrected chi connectivity index (χ4v) is 2.97. The Labute approximate surface area is 97.0 Å². The topological polar surface area (TPSA) is 29.9 Å². The average molecular weight is 245 g/mol. The van der Waals surface area contributed by atoms with Gasteiger partial charge in [-0.25, -0.2) is 4.98 Å². The minimum atomic E-state index is -4.33. The number of alkyl halides is 3. The van der Waals surface area contributed by atoms with E-state index in [2.05, 4.69) is 10.3 Å². The van der Waals surface area contributed by atoms with Gasteiger partial charge in [-0.3, -0.25) is 0 Å². The van der Waals surface area contributed by atoms with Gasteiger partial charge in [0.05, 0.1) is 6.33 Å². The normalized spacial score (nSPS) is 23.5. The molecule has 1 aromatic heterocycles. The highest BCUT2D eigenvalue weighted by Gasteiger charge is 2.48. The number of nitrogens with zero attached hydrogens (tertiary/aromatic N) is 2. The van der Waals surface area contributed by atoms with E-state index in [9.17, 15) is 13.2 Å². The highest BCUT2D eigenvalue weighted by atomic mass is 19.4. The zero-order valence-electron chi connectivity index (χ0n) is 9.30. The first-order valence-electron chi connectivity index (χ1n) is 5.77. The molecule has 1 N–H and O–H groups in total. The van der Waals surface area contributed by atoms with Gasteiger partial charge in [-0.05, 0) is 24.2 Å². The molecule has 1 aliphatic carbocycles. The molecule has 1 saturated heterocycles. The van der Waals surface area contributed by atoms with Gasteiger partial charge < -0.3 is 9.88 Å². The number of rotatable bonds is 2. The molecular weight excluding hydrogens is 231 g/mol. The molecule has 2 heterocycles. The number of halogens is 3. The van der Waals surface area contributed by atoms with E-state index in [4.69, 9.17) is 0 Å². The van der Waals surface area contributed by atoms with Crippen molar-refractivity contribution in [3.8, 4) is 0 Å². The van der Waals surface area contributed by atoms with E-state index in [1.54, 1.807) is 4.57 Å². The van der Waals surface area contributed by atoms with Crippen LogP contribution in [0.5, 0.6) is 0 Å². The van der Waals surface area contributed by atoms with Crippen LogP contribution >= 0.6 is 0 Å². The van der Waals surface area contributed by atoms with Crippen molar-refractivity contribution in [2.75, 3.05) is 13.1 Å². The van der Waals surface area contributed by atoms with Crippen LogP contribution in [-0.4, -0.2) is 22.6 Å². The molecule has 2 aliphatic rings. The van der Waals surface area contributed by atoms with Crippen molar-refractivity contribution in [2.45, 2.75) is 25.6 Å². The molecule has 2 fully saturated rings. The largest absolute Gasteiger partial charge is 0.434 e. The van der Waals surface area contributed by atoms with Gasteiger partial charge in [0.25, 0.3) is 0 Å². The third-order valence-electron chi connectivity index (χ3n) is 3.84. The lowest BCUT2D eigenvalue weighted by molar-refractivity contribution is -0.141. The van der Waals surface area contributed by atoms with Gasteiger partial charge in [-0.1, -0.05) is 0 Å². The van der Waals surface area contributed by atoms with Gasteiger partial charge >= 0.3 is 6.18 Å². The van der Waals surface area contributed by atoms with Crippen molar-refractivity contribution in [1.29, 1.82) is 0 Å². The van der Waals surface area contributed by atoms with E-state index in [0.29, 0.717) is 17.9 Å². The minimum absolute atomic E-state index is 0.470. The smallest absolute Gasteiger partial charge is 0.337 e. The van der Waals surface area contributed by atoms with Gasteiger partial charge in [0, 0.05) is 25.8 Å². The number of nitrogens with one attached hydrogen (secondary N) is 1. The van der Waals surface area contributed by atoms with E-state index in [-0.39, 0.29) is 0 Å². The Morgan fingerprint density at radius 3 is 2.59 bits per heavy atom. The first-order chi connectivity index (χ1) is 7.97. The Kier molecular flexibility index (Phi) is 2.26. The summed E-state index contributed by atoms with van der Waals surface area (Å²) in [6, 6.07) is 0. The molecular formula is C11H14F3N3. The van der Waals surface area contributed by atoms with Crippen molar-refractivity contribution < 1.29 is 13.2 Å². The van der Waals surface area contributed by atoms with Gasteiger partial charge in [0.2, 0.25) is 0 Å². The maximum Gasteiger partial charge on any atom is 0.434 e. The van der Waals surface area contributed by atoms with Gasteiger partial charge in [0.15, 0.2) is 5.69 Å². The molecule has 1 spiro atoms. The fraction of sp³-hybridized carbons (Fsp3) is 0.727. The number of hydrogen-bond donors (Lipinski definition) is 1. The Hall–Kier alpha value is -1.04. The number of aromatic nitrogens is 2. The summed E-state index contributed by atoms with van der Waals surface area (Å²) >= 11 is 0. The van der Waals surface area contributed by atoms with Crippen LogP contribution in [0.25, 0.3) is 0 Å². The van der Waals surface area contributed by atoms with Crippen molar-refractivity contribution in [1.82, 2.24) is 14.9 Å². The van der Waals surface area contributed by atoms with Crippen LogP contribution in [-0.2, 0) is 12.7 Å². The van der Waals surface area contributed by atoms with Crippen molar-refractivity contribution in [3.63, 3.8) is 0 Å². The molecule has 3 rings (SSSR count). The van der Waals surface area contributed by atoms with E-state index < -0.39 is 11.9 Å². The molecule has 0 radical (unpaired) electrons. The number of hydrogen-bond acceptors (Lipinski definition) is 2. The Balaban J connectivity index is 1.57. The monoisotopic (exact) mass is 245 g/mol. The van der Waals surface area contributed by atoms with Crippen LogP contribution in [0.3, 0.4) is 0 Å². The highest BCUT2D eigenvalue weighted by molar-refractivity contribution is 5.05. The molecule has 17 heavy (non-hydrogen) atoms. The summed E-state index contributed by atoms with van der Waals surface area (Å²) in [5.41, 5.74) is -0.324. The molecule has 1 saturated carbocycles. The maximum absolute atomic E-state index is 12.3. The van der Waals surface area contributed by atoms with Crippen molar-refractivity contribution >= 4 is 0 Å². The molecule has 0 aromatic carbocycles. The maximum atomic E-state index is 12.3. The molecule has 0 unspecified atom stereocenters. The summed E-state index contributed by atoms with van der Waals surface area (Å²) in [7, 11) is 0. The third-order valence-corrected chi connectivity index (χ3v) is 3.84. The summed E-state index contributed by atoms with van der Waals surface area (Å²) < 4.78 is 38.6.